The van der Waals surface area contributed by atoms with Crippen molar-refractivity contribution in [3.05, 3.63) is 82.1 Å². The van der Waals surface area contributed by atoms with Crippen molar-refractivity contribution in [2.24, 2.45) is 0 Å². The molecule has 0 saturated carbocycles. The normalized spacial score (nSPS) is 16.4. The van der Waals surface area contributed by atoms with Gasteiger partial charge in [-0.25, -0.2) is 9.18 Å². The van der Waals surface area contributed by atoms with Gasteiger partial charge in [0, 0.05) is 35.2 Å². The molecule has 0 radical (unpaired) electrons. The Morgan fingerprint density at radius 3 is 2.53 bits per heavy atom. The fourth-order valence-corrected chi connectivity index (χ4v) is 4.55. The Bertz CT molecular complexity index is 1270. The lowest BCUT2D eigenvalue weighted by Crippen LogP contribution is -2.43. The highest BCUT2D eigenvalue weighted by Gasteiger charge is 2.43. The Hall–Kier alpha value is -3.78. The molecule has 3 aromatic carbocycles. The topological polar surface area (TPSA) is 96.9 Å². The van der Waals surface area contributed by atoms with E-state index in [-0.39, 0.29) is 34.9 Å². The van der Waals surface area contributed by atoms with Gasteiger partial charge in [0.1, 0.15) is 5.75 Å². The third-order valence-corrected chi connectivity index (χ3v) is 6.17. The van der Waals surface area contributed by atoms with Crippen LogP contribution < -0.4 is 20.1 Å². The quantitative estimate of drug-likeness (QED) is 0.474. The summed E-state index contributed by atoms with van der Waals surface area (Å²) in [7, 11) is 2.78. The zero-order valence-electron chi connectivity index (χ0n) is 18.4. The van der Waals surface area contributed by atoms with Gasteiger partial charge in [-0.2, -0.15) is 0 Å². The number of benzene rings is 3. The zero-order chi connectivity index (χ0) is 24.5. The molecule has 7 nitrogen and oxygen atoms in total. The molecule has 3 N–H and O–H groups in total. The molecule has 0 aliphatic carbocycles. The molecule has 0 spiro atoms. The Morgan fingerprint density at radius 1 is 1.15 bits per heavy atom. The summed E-state index contributed by atoms with van der Waals surface area (Å²) in [6.45, 7) is -0.0546. The van der Waals surface area contributed by atoms with E-state index in [1.165, 1.54) is 26.3 Å². The second-order valence-corrected chi connectivity index (χ2v) is 8.19. The number of carbonyl (C=O) groups excluding carboxylic acids is 1. The van der Waals surface area contributed by atoms with Gasteiger partial charge < -0.3 is 25.2 Å². The van der Waals surface area contributed by atoms with E-state index in [4.69, 9.17) is 21.1 Å². The number of carboxylic acid groups (broad SMARTS) is 1. The lowest BCUT2D eigenvalue weighted by Gasteiger charge is -2.29. The number of rotatable bonds is 6. The summed E-state index contributed by atoms with van der Waals surface area (Å²) in [5.74, 6) is -0.858. The van der Waals surface area contributed by atoms with Crippen LogP contribution in [0.5, 0.6) is 11.5 Å². The number of nitrogens with one attached hydrogen (secondary N) is 2. The third kappa shape index (κ3) is 4.01. The average Bonchev–Trinajstić information content (AvgIpc) is 3.23. The van der Waals surface area contributed by atoms with Gasteiger partial charge in [-0.1, -0.05) is 41.9 Å². The SMILES string of the molecule is CNC(=O)c1ccc(OC)c(F)c1-c1c(Cl)ccc2c1C[C@@](CNC(=O)O)(c1ccccc1)O2. The highest BCUT2D eigenvalue weighted by Crippen LogP contribution is 2.49. The first-order chi connectivity index (χ1) is 16.3. The van der Waals surface area contributed by atoms with E-state index < -0.39 is 23.4 Å². The van der Waals surface area contributed by atoms with Crippen LogP contribution in [0.1, 0.15) is 21.5 Å². The van der Waals surface area contributed by atoms with Crippen molar-refractivity contribution >= 4 is 23.6 Å². The molecule has 0 bridgehead atoms. The number of hydrogen-bond donors (Lipinski definition) is 3. The number of halogens is 2. The molecule has 1 aliphatic heterocycles. The van der Waals surface area contributed by atoms with Gasteiger partial charge in [0.2, 0.25) is 0 Å². The van der Waals surface area contributed by atoms with Gasteiger partial charge in [0.15, 0.2) is 17.2 Å². The van der Waals surface area contributed by atoms with Crippen molar-refractivity contribution in [1.29, 1.82) is 0 Å². The van der Waals surface area contributed by atoms with E-state index in [0.29, 0.717) is 16.9 Å². The van der Waals surface area contributed by atoms with E-state index >= 15 is 4.39 Å². The molecule has 1 heterocycles. The van der Waals surface area contributed by atoms with Crippen molar-refractivity contribution in [2.45, 2.75) is 12.0 Å². The Balaban J connectivity index is 1.94. The summed E-state index contributed by atoms with van der Waals surface area (Å²) in [5, 5.41) is 14.4. The van der Waals surface area contributed by atoms with Crippen molar-refractivity contribution in [1.82, 2.24) is 10.6 Å². The van der Waals surface area contributed by atoms with Gasteiger partial charge in [-0.15, -0.1) is 0 Å². The standard InChI is InChI=1S/C25H22ClFN2O5/c1-28-23(30)15-8-10-19(33-2)22(27)21(15)20-16-12-25(13-29-24(31)32,14-6-4-3-5-7-14)34-18(16)11-9-17(20)26/h3-11,29H,12-13H2,1-2H3,(H,28,30)(H,31,32)/t25-/m1/s1. The molecular formula is C25H22ClFN2O5. The smallest absolute Gasteiger partial charge is 0.404 e. The van der Waals surface area contributed by atoms with E-state index in [1.807, 2.05) is 30.3 Å². The third-order valence-electron chi connectivity index (χ3n) is 5.86. The average molecular weight is 485 g/mol. The lowest BCUT2D eigenvalue weighted by molar-refractivity contribution is 0.0898. The second kappa shape index (κ2) is 9.23. The van der Waals surface area contributed by atoms with Gasteiger partial charge in [-0.3, -0.25) is 4.79 Å². The molecule has 0 fully saturated rings. The zero-order valence-corrected chi connectivity index (χ0v) is 19.2. The van der Waals surface area contributed by atoms with Crippen LogP contribution in [0.25, 0.3) is 11.1 Å². The van der Waals surface area contributed by atoms with Crippen LogP contribution in [0.3, 0.4) is 0 Å². The number of carbonyl (C=O) groups is 2. The maximum atomic E-state index is 15.6. The largest absolute Gasteiger partial charge is 0.494 e. The van der Waals surface area contributed by atoms with E-state index in [0.717, 1.165) is 5.56 Å². The van der Waals surface area contributed by atoms with Gasteiger partial charge in [-0.05, 0) is 29.8 Å². The number of methoxy groups -OCH3 is 1. The number of fused-ring (bicyclic) bond motifs is 1. The van der Waals surface area contributed by atoms with Crippen LogP contribution in [0.2, 0.25) is 5.02 Å². The molecule has 0 aromatic heterocycles. The van der Waals surface area contributed by atoms with Gasteiger partial charge in [0.05, 0.1) is 19.2 Å². The van der Waals surface area contributed by atoms with Gasteiger partial charge in [0.25, 0.3) is 5.91 Å². The minimum Gasteiger partial charge on any atom is -0.494 e. The molecular weight excluding hydrogens is 463 g/mol. The monoisotopic (exact) mass is 484 g/mol. The molecule has 0 unspecified atom stereocenters. The molecule has 176 valence electrons. The second-order valence-electron chi connectivity index (χ2n) is 7.78. The van der Waals surface area contributed by atoms with Crippen molar-refractivity contribution in [3.8, 4) is 22.6 Å². The first-order valence-corrected chi connectivity index (χ1v) is 10.8. The van der Waals surface area contributed by atoms with Crippen LogP contribution >= 0.6 is 11.6 Å². The summed E-state index contributed by atoms with van der Waals surface area (Å²) in [6.07, 6.45) is -1.01. The van der Waals surface area contributed by atoms with Crippen molar-refractivity contribution in [2.75, 3.05) is 20.7 Å². The molecule has 0 saturated heterocycles. The number of hydrogen-bond acceptors (Lipinski definition) is 4. The summed E-state index contributed by atoms with van der Waals surface area (Å²) in [4.78, 5) is 23.9. The Kier molecular flexibility index (Phi) is 6.34. The van der Waals surface area contributed by atoms with Crippen molar-refractivity contribution < 1.29 is 28.6 Å². The molecule has 1 aliphatic rings. The molecule has 34 heavy (non-hydrogen) atoms. The first kappa shape index (κ1) is 23.4. The fourth-order valence-electron chi connectivity index (χ4n) is 4.28. The van der Waals surface area contributed by atoms with E-state index in [9.17, 15) is 14.7 Å². The summed E-state index contributed by atoms with van der Waals surface area (Å²) in [6, 6.07) is 15.2. The van der Waals surface area contributed by atoms with E-state index in [2.05, 4.69) is 10.6 Å². The first-order valence-electron chi connectivity index (χ1n) is 10.4. The number of ether oxygens (including phenoxy) is 2. The number of amides is 2. The maximum Gasteiger partial charge on any atom is 0.404 e. The maximum absolute atomic E-state index is 15.6. The fraction of sp³-hybridized carbons (Fsp3) is 0.200. The molecule has 9 heteroatoms. The van der Waals surface area contributed by atoms with Gasteiger partial charge >= 0.3 is 6.09 Å². The minimum absolute atomic E-state index is 0.0146. The predicted molar refractivity (Wildman–Crippen MR) is 125 cm³/mol. The molecule has 2 amide bonds. The van der Waals surface area contributed by atoms with Crippen LogP contribution in [0, 0.1) is 5.82 Å². The van der Waals surface area contributed by atoms with Crippen molar-refractivity contribution in [3.63, 3.8) is 0 Å². The predicted octanol–water partition coefficient (Wildman–Crippen LogP) is 4.61. The van der Waals surface area contributed by atoms with Crippen LogP contribution in [0.15, 0.2) is 54.6 Å². The van der Waals surface area contributed by atoms with Crippen LogP contribution in [-0.2, 0) is 12.0 Å². The summed E-state index contributed by atoms with van der Waals surface area (Å²) >= 11 is 6.59. The molecule has 3 aromatic rings. The summed E-state index contributed by atoms with van der Waals surface area (Å²) < 4.78 is 27.1. The van der Waals surface area contributed by atoms with Crippen LogP contribution in [-0.4, -0.2) is 37.8 Å². The Morgan fingerprint density at radius 2 is 1.88 bits per heavy atom. The Labute approximate surface area is 200 Å². The molecule has 1 atom stereocenters. The minimum atomic E-state index is -1.20. The van der Waals surface area contributed by atoms with Crippen LogP contribution in [0.4, 0.5) is 9.18 Å². The lowest BCUT2D eigenvalue weighted by atomic mass is 9.85. The highest BCUT2D eigenvalue weighted by molar-refractivity contribution is 6.34. The molecule has 4 rings (SSSR count). The van der Waals surface area contributed by atoms with E-state index in [1.54, 1.807) is 12.1 Å². The summed E-state index contributed by atoms with van der Waals surface area (Å²) in [5.41, 5.74) is 0.559. The highest BCUT2D eigenvalue weighted by atomic mass is 35.5.